The molecular weight excluding hydrogens is 236 g/mol. The molecule has 0 aliphatic rings. The highest BCUT2D eigenvalue weighted by molar-refractivity contribution is 7.80. The lowest BCUT2D eigenvalue weighted by Gasteiger charge is -2.16. The topological polar surface area (TPSA) is 69.1 Å². The Hall–Kier alpha value is -1.30. The maximum absolute atomic E-state index is 9.79. The molecule has 0 saturated carbocycles. The third-order valence-corrected chi connectivity index (χ3v) is 2.99. The zero-order valence-corrected chi connectivity index (χ0v) is 10.0. The summed E-state index contributed by atoms with van der Waals surface area (Å²) in [4.78, 5) is 6.94. The van der Waals surface area contributed by atoms with Crippen LogP contribution >= 0.6 is 12.6 Å². The maximum Gasteiger partial charge on any atom is 0.106 e. The lowest BCUT2D eigenvalue weighted by Crippen LogP contribution is -2.19. The van der Waals surface area contributed by atoms with E-state index in [4.69, 9.17) is 0 Å². The fourth-order valence-electron chi connectivity index (χ4n) is 1.60. The van der Waals surface area contributed by atoms with Crippen LogP contribution in [-0.4, -0.2) is 32.0 Å². The summed E-state index contributed by atoms with van der Waals surface area (Å²) < 4.78 is 0. The van der Waals surface area contributed by atoms with Crippen LogP contribution in [0.3, 0.4) is 0 Å². The highest BCUT2D eigenvalue weighted by atomic mass is 32.1. The summed E-state index contributed by atoms with van der Waals surface area (Å²) in [7, 11) is 0. The number of aliphatic hydroxyl groups is 2. The number of H-pyrrole nitrogens is 1. The number of benzene rings is 1. The molecular formula is C12H14N2O2S. The number of hydrogen-bond donors (Lipinski definition) is 4. The summed E-state index contributed by atoms with van der Waals surface area (Å²) in [6.07, 6.45) is 1.59. The van der Waals surface area contributed by atoms with Crippen molar-refractivity contribution in [2.75, 3.05) is 5.75 Å². The van der Waals surface area contributed by atoms with E-state index in [2.05, 4.69) is 22.6 Å². The number of hydrogen-bond acceptors (Lipinski definition) is 4. The first-order chi connectivity index (χ1) is 8.22. The average Bonchev–Trinajstić information content (AvgIpc) is 2.91. The first-order valence-corrected chi connectivity index (χ1v) is 5.91. The van der Waals surface area contributed by atoms with Gasteiger partial charge in [-0.15, -0.1) is 0 Å². The van der Waals surface area contributed by atoms with Crippen LogP contribution in [-0.2, 0) is 0 Å². The molecule has 0 radical (unpaired) electrons. The van der Waals surface area contributed by atoms with Crippen molar-refractivity contribution >= 4 is 12.6 Å². The summed E-state index contributed by atoms with van der Waals surface area (Å²) in [6, 6.07) is 7.32. The summed E-state index contributed by atoms with van der Waals surface area (Å²) >= 11 is 3.95. The van der Waals surface area contributed by atoms with Crippen LogP contribution in [0.1, 0.15) is 11.7 Å². The minimum absolute atomic E-state index is 0.226. The number of aromatic nitrogens is 2. The van der Waals surface area contributed by atoms with Gasteiger partial charge in [-0.1, -0.05) is 24.3 Å². The van der Waals surface area contributed by atoms with Gasteiger partial charge < -0.3 is 15.2 Å². The van der Waals surface area contributed by atoms with Crippen molar-refractivity contribution in [2.24, 2.45) is 0 Å². The normalized spacial score (nSPS) is 14.5. The smallest absolute Gasteiger partial charge is 0.106 e. The van der Waals surface area contributed by atoms with Crippen molar-refractivity contribution in [2.45, 2.75) is 12.2 Å². The molecule has 0 bridgehead atoms. The van der Waals surface area contributed by atoms with E-state index >= 15 is 0 Å². The molecule has 4 nitrogen and oxygen atoms in total. The van der Waals surface area contributed by atoms with E-state index in [1.54, 1.807) is 24.7 Å². The first kappa shape index (κ1) is 12.2. The molecule has 1 aromatic heterocycles. The SMILES string of the molecule is OC(CS)C(O)c1ccc(-c2cnc[nH]2)cc1. The lowest BCUT2D eigenvalue weighted by atomic mass is 10.0. The molecule has 17 heavy (non-hydrogen) atoms. The molecule has 0 saturated heterocycles. The van der Waals surface area contributed by atoms with Gasteiger partial charge in [-0.25, -0.2) is 4.98 Å². The quantitative estimate of drug-likeness (QED) is 0.620. The van der Waals surface area contributed by atoms with E-state index < -0.39 is 12.2 Å². The van der Waals surface area contributed by atoms with E-state index in [0.717, 1.165) is 11.3 Å². The molecule has 1 heterocycles. The molecule has 0 aliphatic heterocycles. The Bertz CT molecular complexity index is 456. The molecule has 0 spiro atoms. The third kappa shape index (κ3) is 2.69. The Morgan fingerprint density at radius 3 is 2.47 bits per heavy atom. The summed E-state index contributed by atoms with van der Waals surface area (Å²) in [5, 5.41) is 19.3. The van der Waals surface area contributed by atoms with E-state index in [1.165, 1.54) is 0 Å². The molecule has 2 atom stereocenters. The van der Waals surface area contributed by atoms with Crippen LogP contribution in [0.4, 0.5) is 0 Å². The van der Waals surface area contributed by atoms with Crippen LogP contribution < -0.4 is 0 Å². The molecule has 2 aromatic rings. The molecule has 0 amide bonds. The van der Waals surface area contributed by atoms with Crippen molar-refractivity contribution in [3.8, 4) is 11.3 Å². The van der Waals surface area contributed by atoms with Crippen LogP contribution in [0.15, 0.2) is 36.8 Å². The van der Waals surface area contributed by atoms with Gasteiger partial charge in [0.05, 0.1) is 24.3 Å². The second kappa shape index (κ2) is 5.35. The van der Waals surface area contributed by atoms with Gasteiger partial charge in [0.15, 0.2) is 0 Å². The molecule has 90 valence electrons. The minimum atomic E-state index is -0.900. The molecule has 3 N–H and O–H groups in total. The Morgan fingerprint density at radius 1 is 1.24 bits per heavy atom. The highest BCUT2D eigenvalue weighted by Gasteiger charge is 2.16. The number of rotatable bonds is 4. The minimum Gasteiger partial charge on any atom is -0.389 e. The van der Waals surface area contributed by atoms with Gasteiger partial charge in [-0.2, -0.15) is 12.6 Å². The van der Waals surface area contributed by atoms with Gasteiger partial charge in [0, 0.05) is 5.75 Å². The summed E-state index contributed by atoms with van der Waals surface area (Å²) in [5.41, 5.74) is 2.58. The van der Waals surface area contributed by atoms with Gasteiger partial charge in [-0.05, 0) is 11.1 Å². The van der Waals surface area contributed by atoms with Crippen molar-refractivity contribution in [1.29, 1.82) is 0 Å². The highest BCUT2D eigenvalue weighted by Crippen LogP contribution is 2.22. The van der Waals surface area contributed by atoms with Crippen molar-refractivity contribution in [1.82, 2.24) is 9.97 Å². The van der Waals surface area contributed by atoms with Gasteiger partial charge >= 0.3 is 0 Å². The second-order valence-electron chi connectivity index (χ2n) is 3.78. The molecule has 1 aromatic carbocycles. The lowest BCUT2D eigenvalue weighted by molar-refractivity contribution is 0.0338. The van der Waals surface area contributed by atoms with Crippen molar-refractivity contribution in [3.63, 3.8) is 0 Å². The number of aliphatic hydroxyl groups excluding tert-OH is 2. The van der Waals surface area contributed by atoms with E-state index in [0.29, 0.717) is 5.56 Å². The largest absolute Gasteiger partial charge is 0.389 e. The predicted octanol–water partition coefficient (Wildman–Crippen LogP) is 1.40. The van der Waals surface area contributed by atoms with Crippen LogP contribution in [0.5, 0.6) is 0 Å². The van der Waals surface area contributed by atoms with E-state index in [-0.39, 0.29) is 5.75 Å². The molecule has 5 heteroatoms. The monoisotopic (exact) mass is 250 g/mol. The van der Waals surface area contributed by atoms with Gasteiger partial charge in [0.1, 0.15) is 6.10 Å². The molecule has 0 fully saturated rings. The number of nitrogens with zero attached hydrogens (tertiary/aromatic N) is 1. The van der Waals surface area contributed by atoms with Crippen LogP contribution in [0.25, 0.3) is 11.3 Å². The van der Waals surface area contributed by atoms with Crippen molar-refractivity contribution < 1.29 is 10.2 Å². The zero-order chi connectivity index (χ0) is 12.3. The number of aromatic amines is 1. The summed E-state index contributed by atoms with van der Waals surface area (Å²) in [5.74, 6) is 0.226. The average molecular weight is 250 g/mol. The Kier molecular flexibility index (Phi) is 3.83. The van der Waals surface area contributed by atoms with E-state index in [9.17, 15) is 10.2 Å². The van der Waals surface area contributed by atoms with Crippen molar-refractivity contribution in [3.05, 3.63) is 42.4 Å². The number of thiol groups is 1. The predicted molar refractivity (Wildman–Crippen MR) is 68.8 cm³/mol. The Balaban J connectivity index is 2.18. The third-order valence-electron chi connectivity index (χ3n) is 2.61. The number of nitrogens with one attached hydrogen (secondary N) is 1. The van der Waals surface area contributed by atoms with Gasteiger partial charge in [0.2, 0.25) is 0 Å². The fourth-order valence-corrected chi connectivity index (χ4v) is 1.80. The molecule has 2 unspecified atom stereocenters. The summed E-state index contributed by atoms with van der Waals surface area (Å²) in [6.45, 7) is 0. The van der Waals surface area contributed by atoms with Gasteiger partial charge in [0.25, 0.3) is 0 Å². The first-order valence-electron chi connectivity index (χ1n) is 5.28. The Morgan fingerprint density at radius 2 is 1.94 bits per heavy atom. The van der Waals surface area contributed by atoms with Gasteiger partial charge in [-0.3, -0.25) is 0 Å². The molecule has 2 rings (SSSR count). The zero-order valence-electron chi connectivity index (χ0n) is 9.11. The Labute approximate surface area is 105 Å². The van der Waals surface area contributed by atoms with Crippen LogP contribution in [0, 0.1) is 0 Å². The van der Waals surface area contributed by atoms with Crippen LogP contribution in [0.2, 0.25) is 0 Å². The number of imidazole rings is 1. The van der Waals surface area contributed by atoms with E-state index in [1.807, 2.05) is 12.1 Å². The fraction of sp³-hybridized carbons (Fsp3) is 0.250. The standard InChI is InChI=1S/C12H14N2O2S/c15-11(6-17)12(16)9-3-1-8(2-4-9)10-5-13-7-14-10/h1-5,7,11-12,15-17H,6H2,(H,13,14). The second-order valence-corrected chi connectivity index (χ2v) is 4.15. The maximum atomic E-state index is 9.79. The molecule has 0 aliphatic carbocycles.